The summed E-state index contributed by atoms with van der Waals surface area (Å²) >= 11 is 0. The Kier molecular flexibility index (Phi) is 7.12. The van der Waals surface area contributed by atoms with E-state index >= 15 is 0 Å². The maximum atomic E-state index is 12.2. The normalized spacial score (nSPS) is 22.0. The van der Waals surface area contributed by atoms with E-state index in [9.17, 15) is 9.59 Å². The number of carbonyl (C=O) groups is 2. The van der Waals surface area contributed by atoms with Gasteiger partial charge in [0.2, 0.25) is 5.91 Å². The minimum atomic E-state index is -0.512. The number of amides is 1. The number of esters is 1. The molecular formula is C16H28N2O4. The Morgan fingerprint density at radius 2 is 1.91 bits per heavy atom. The van der Waals surface area contributed by atoms with Gasteiger partial charge in [0, 0.05) is 13.1 Å². The zero-order valence-corrected chi connectivity index (χ0v) is 13.5. The van der Waals surface area contributed by atoms with E-state index in [2.05, 4.69) is 5.32 Å². The molecule has 0 radical (unpaired) electrons. The number of nitrogens with one attached hydrogen (secondary N) is 1. The van der Waals surface area contributed by atoms with Crippen molar-refractivity contribution < 1.29 is 19.1 Å². The minimum Gasteiger partial charge on any atom is -0.467 e. The van der Waals surface area contributed by atoms with Gasteiger partial charge in [-0.15, -0.1) is 0 Å². The molecule has 1 atom stereocenters. The topological polar surface area (TPSA) is 67.9 Å². The van der Waals surface area contributed by atoms with Gasteiger partial charge in [0.05, 0.1) is 26.9 Å². The molecular weight excluding hydrogens is 284 g/mol. The van der Waals surface area contributed by atoms with Gasteiger partial charge in [-0.25, -0.2) is 4.79 Å². The van der Waals surface area contributed by atoms with E-state index in [1.807, 2.05) is 4.90 Å². The first kappa shape index (κ1) is 17.2. The van der Waals surface area contributed by atoms with Crippen molar-refractivity contribution in [3.63, 3.8) is 0 Å². The lowest BCUT2D eigenvalue weighted by molar-refractivity contribution is -0.146. The summed E-state index contributed by atoms with van der Waals surface area (Å²) in [5.41, 5.74) is 0. The van der Waals surface area contributed by atoms with Gasteiger partial charge >= 0.3 is 5.97 Å². The van der Waals surface area contributed by atoms with Crippen molar-refractivity contribution in [2.45, 2.75) is 44.6 Å². The molecule has 0 aromatic rings. The number of ether oxygens (including phenoxy) is 2. The lowest BCUT2D eigenvalue weighted by Gasteiger charge is -2.28. The highest BCUT2D eigenvalue weighted by atomic mass is 16.5. The summed E-state index contributed by atoms with van der Waals surface area (Å²) in [6, 6.07) is -0.512. The molecule has 0 spiro atoms. The molecule has 2 fully saturated rings. The molecule has 1 N–H and O–H groups in total. The van der Waals surface area contributed by atoms with Gasteiger partial charge in [-0.3, -0.25) is 9.69 Å². The predicted molar refractivity (Wildman–Crippen MR) is 82.4 cm³/mol. The standard InChI is InChI=1S/C16H28N2O4/c1-21-16(20)14(11-13-5-3-2-4-6-13)17-15(19)12-18-7-9-22-10-8-18/h13-14H,2-12H2,1H3,(H,17,19)/t14-/m0/s1. The Morgan fingerprint density at radius 3 is 2.55 bits per heavy atom. The van der Waals surface area contributed by atoms with Crippen LogP contribution >= 0.6 is 0 Å². The minimum absolute atomic E-state index is 0.104. The number of nitrogens with zero attached hydrogens (tertiary/aromatic N) is 1. The van der Waals surface area contributed by atoms with E-state index < -0.39 is 6.04 Å². The first-order valence-corrected chi connectivity index (χ1v) is 8.36. The van der Waals surface area contributed by atoms with E-state index in [1.165, 1.54) is 26.4 Å². The summed E-state index contributed by atoms with van der Waals surface area (Å²) in [7, 11) is 1.38. The highest BCUT2D eigenvalue weighted by Gasteiger charge is 2.27. The van der Waals surface area contributed by atoms with Crippen molar-refractivity contribution in [2.24, 2.45) is 5.92 Å². The zero-order valence-electron chi connectivity index (χ0n) is 13.5. The molecule has 1 saturated carbocycles. The molecule has 1 aliphatic carbocycles. The quantitative estimate of drug-likeness (QED) is 0.740. The first-order chi connectivity index (χ1) is 10.7. The van der Waals surface area contributed by atoms with Crippen molar-refractivity contribution in [1.29, 1.82) is 0 Å². The molecule has 1 amide bonds. The zero-order chi connectivity index (χ0) is 15.8. The second-order valence-electron chi connectivity index (χ2n) is 6.27. The summed E-state index contributed by atoms with van der Waals surface area (Å²) in [5.74, 6) is 0.0792. The van der Waals surface area contributed by atoms with Crippen LogP contribution in [0.25, 0.3) is 0 Å². The van der Waals surface area contributed by atoms with Crippen LogP contribution < -0.4 is 5.32 Å². The third kappa shape index (κ3) is 5.57. The highest BCUT2D eigenvalue weighted by molar-refractivity contribution is 5.85. The number of morpholine rings is 1. The molecule has 1 saturated heterocycles. The number of carbonyl (C=O) groups excluding carboxylic acids is 2. The lowest BCUT2D eigenvalue weighted by atomic mass is 9.85. The van der Waals surface area contributed by atoms with Crippen molar-refractivity contribution in [3.8, 4) is 0 Å². The molecule has 126 valence electrons. The van der Waals surface area contributed by atoms with Crippen LogP contribution in [0.15, 0.2) is 0 Å². The van der Waals surface area contributed by atoms with Crippen LogP contribution in [-0.4, -0.2) is 62.8 Å². The van der Waals surface area contributed by atoms with Gasteiger partial charge in [0.15, 0.2) is 0 Å². The van der Waals surface area contributed by atoms with Crippen molar-refractivity contribution in [1.82, 2.24) is 10.2 Å². The van der Waals surface area contributed by atoms with Gasteiger partial charge in [0.25, 0.3) is 0 Å². The maximum absolute atomic E-state index is 12.2. The third-order valence-corrected chi connectivity index (χ3v) is 4.59. The largest absolute Gasteiger partial charge is 0.467 e. The predicted octanol–water partition coefficient (Wildman–Crippen LogP) is 0.947. The molecule has 1 aliphatic heterocycles. The first-order valence-electron chi connectivity index (χ1n) is 8.36. The molecule has 22 heavy (non-hydrogen) atoms. The molecule has 0 bridgehead atoms. The Hall–Kier alpha value is -1.14. The van der Waals surface area contributed by atoms with Crippen LogP contribution in [0.5, 0.6) is 0 Å². The Bertz CT molecular complexity index is 363. The number of hydrogen-bond acceptors (Lipinski definition) is 5. The fraction of sp³-hybridized carbons (Fsp3) is 0.875. The molecule has 0 unspecified atom stereocenters. The molecule has 2 rings (SSSR count). The summed E-state index contributed by atoms with van der Waals surface area (Å²) in [6.45, 7) is 3.17. The lowest BCUT2D eigenvalue weighted by Crippen LogP contribution is -2.48. The van der Waals surface area contributed by atoms with Crippen LogP contribution in [0.4, 0.5) is 0 Å². The van der Waals surface area contributed by atoms with Crippen LogP contribution in [-0.2, 0) is 19.1 Å². The molecule has 6 nitrogen and oxygen atoms in total. The van der Waals surface area contributed by atoms with E-state index in [-0.39, 0.29) is 11.9 Å². The van der Waals surface area contributed by atoms with Crippen molar-refractivity contribution >= 4 is 11.9 Å². The van der Waals surface area contributed by atoms with Gasteiger partial charge in [-0.1, -0.05) is 32.1 Å². The second-order valence-corrected chi connectivity index (χ2v) is 6.27. The van der Waals surface area contributed by atoms with E-state index in [1.54, 1.807) is 0 Å². The molecule has 0 aromatic heterocycles. The summed E-state index contributed by atoms with van der Waals surface area (Å²) in [5, 5.41) is 2.87. The monoisotopic (exact) mass is 312 g/mol. The van der Waals surface area contributed by atoms with E-state index in [0.717, 1.165) is 25.9 Å². The van der Waals surface area contributed by atoms with E-state index in [4.69, 9.17) is 9.47 Å². The van der Waals surface area contributed by atoms with Crippen LogP contribution in [0.1, 0.15) is 38.5 Å². The summed E-state index contributed by atoms with van der Waals surface area (Å²) in [4.78, 5) is 26.2. The Balaban J connectivity index is 1.82. The Morgan fingerprint density at radius 1 is 1.23 bits per heavy atom. The molecule has 0 aromatic carbocycles. The number of hydrogen-bond donors (Lipinski definition) is 1. The average molecular weight is 312 g/mol. The van der Waals surface area contributed by atoms with Crippen LogP contribution in [0, 0.1) is 5.92 Å². The van der Waals surface area contributed by atoms with Crippen LogP contribution in [0.2, 0.25) is 0 Å². The van der Waals surface area contributed by atoms with E-state index in [0.29, 0.717) is 32.1 Å². The van der Waals surface area contributed by atoms with Gasteiger partial charge < -0.3 is 14.8 Å². The van der Waals surface area contributed by atoms with Gasteiger partial charge in [-0.2, -0.15) is 0 Å². The van der Waals surface area contributed by atoms with Crippen molar-refractivity contribution in [3.05, 3.63) is 0 Å². The SMILES string of the molecule is COC(=O)[C@H](CC1CCCCC1)NC(=O)CN1CCOCC1. The van der Waals surface area contributed by atoms with Crippen molar-refractivity contribution in [2.75, 3.05) is 40.0 Å². The van der Waals surface area contributed by atoms with Gasteiger partial charge in [0.1, 0.15) is 6.04 Å². The Labute approximate surface area is 132 Å². The third-order valence-electron chi connectivity index (χ3n) is 4.59. The smallest absolute Gasteiger partial charge is 0.328 e. The second kappa shape index (κ2) is 9.10. The van der Waals surface area contributed by atoms with Crippen LogP contribution in [0.3, 0.4) is 0 Å². The maximum Gasteiger partial charge on any atom is 0.328 e. The fourth-order valence-corrected chi connectivity index (χ4v) is 3.31. The molecule has 6 heteroatoms. The fourth-order valence-electron chi connectivity index (χ4n) is 3.31. The average Bonchev–Trinajstić information content (AvgIpc) is 2.55. The summed E-state index contributed by atoms with van der Waals surface area (Å²) < 4.78 is 10.1. The number of rotatable bonds is 6. The highest BCUT2D eigenvalue weighted by Crippen LogP contribution is 2.27. The molecule has 1 heterocycles. The summed E-state index contributed by atoms with van der Waals surface area (Å²) in [6.07, 6.45) is 6.71. The molecule has 2 aliphatic rings. The number of methoxy groups -OCH3 is 1. The van der Waals surface area contributed by atoms with Gasteiger partial charge in [-0.05, 0) is 12.3 Å².